The molecule has 0 aromatic heterocycles. The molecule has 8 nitrogen and oxygen atoms in total. The zero-order chi connectivity index (χ0) is 22.8. The maximum Gasteiger partial charge on any atom is 0.471 e. The van der Waals surface area contributed by atoms with Crippen molar-refractivity contribution < 1.29 is 41.8 Å². The van der Waals surface area contributed by atoms with Crippen molar-refractivity contribution in [3.63, 3.8) is 0 Å². The number of alkyl halides is 3. The van der Waals surface area contributed by atoms with E-state index in [-0.39, 0.29) is 18.8 Å². The molecule has 0 spiro atoms. The van der Waals surface area contributed by atoms with E-state index in [2.05, 4.69) is 4.74 Å². The normalized spacial score (nSPS) is 25.5. The van der Waals surface area contributed by atoms with E-state index in [1.807, 2.05) is 0 Å². The van der Waals surface area contributed by atoms with Crippen LogP contribution >= 0.6 is 11.8 Å². The minimum Gasteiger partial charge on any atom is -0.467 e. The standard InChI is InChI=1S/C19H19F3N2O6S/c1-29-17(27)12-9-31-13-7-11(16(26)30-8-10-5-3-2-4-6-10)14(15(25)24(12)13)23-18(28)19(20,21)22/h2-6,11-14H,7-9H2,1H3,(H,23,28)/t11-,12+,13+,14+/m1/s1. The van der Waals surface area contributed by atoms with Crippen LogP contribution in [0.25, 0.3) is 0 Å². The maximum atomic E-state index is 13.0. The molecular formula is C19H19F3N2O6S. The number of nitrogens with zero attached hydrogens (tertiary/aromatic N) is 1. The monoisotopic (exact) mass is 460 g/mol. The fraction of sp³-hybridized carbons (Fsp3) is 0.474. The Morgan fingerprint density at radius 3 is 2.48 bits per heavy atom. The van der Waals surface area contributed by atoms with Crippen LogP contribution in [0.5, 0.6) is 0 Å². The molecule has 2 fully saturated rings. The van der Waals surface area contributed by atoms with Crippen LogP contribution in [0.1, 0.15) is 12.0 Å². The van der Waals surface area contributed by atoms with Crippen molar-refractivity contribution >= 4 is 35.5 Å². The maximum absolute atomic E-state index is 13.0. The van der Waals surface area contributed by atoms with Gasteiger partial charge in [0.25, 0.3) is 0 Å². The first-order valence-electron chi connectivity index (χ1n) is 9.23. The zero-order valence-electron chi connectivity index (χ0n) is 16.3. The molecule has 2 heterocycles. The summed E-state index contributed by atoms with van der Waals surface area (Å²) in [6, 6.07) is 5.75. The van der Waals surface area contributed by atoms with Gasteiger partial charge >= 0.3 is 24.0 Å². The molecule has 0 radical (unpaired) electrons. The summed E-state index contributed by atoms with van der Waals surface area (Å²) in [5.74, 6) is -6.13. The van der Waals surface area contributed by atoms with Crippen molar-refractivity contribution in [3.05, 3.63) is 35.9 Å². The molecule has 0 unspecified atom stereocenters. The highest BCUT2D eigenvalue weighted by atomic mass is 32.2. The van der Waals surface area contributed by atoms with Gasteiger partial charge in [0.05, 0.1) is 18.4 Å². The van der Waals surface area contributed by atoms with Gasteiger partial charge in [0, 0.05) is 5.75 Å². The Kier molecular flexibility index (Phi) is 6.77. The molecule has 31 heavy (non-hydrogen) atoms. The van der Waals surface area contributed by atoms with Gasteiger partial charge < -0.3 is 19.7 Å². The first kappa shape index (κ1) is 22.9. The van der Waals surface area contributed by atoms with E-state index < -0.39 is 53.3 Å². The number of piperidine rings is 1. The Bertz CT molecular complexity index is 866. The summed E-state index contributed by atoms with van der Waals surface area (Å²) in [7, 11) is 1.13. The van der Waals surface area contributed by atoms with Crippen LogP contribution in [0, 0.1) is 5.92 Å². The van der Waals surface area contributed by atoms with Crippen LogP contribution in [0.3, 0.4) is 0 Å². The average Bonchev–Trinajstić information content (AvgIpc) is 3.17. The molecule has 2 amide bonds. The molecule has 3 rings (SSSR count). The molecule has 2 aliphatic heterocycles. The second kappa shape index (κ2) is 9.16. The van der Waals surface area contributed by atoms with Gasteiger partial charge in [-0.25, -0.2) is 4.79 Å². The number of fused-ring (bicyclic) bond motifs is 1. The lowest BCUT2D eigenvalue weighted by Crippen LogP contribution is -2.63. The van der Waals surface area contributed by atoms with E-state index in [0.717, 1.165) is 12.0 Å². The van der Waals surface area contributed by atoms with Gasteiger partial charge in [-0.1, -0.05) is 30.3 Å². The number of hydrogen-bond acceptors (Lipinski definition) is 7. The van der Waals surface area contributed by atoms with E-state index in [9.17, 15) is 32.3 Å². The Hall–Kier alpha value is -2.76. The van der Waals surface area contributed by atoms with Gasteiger partial charge in [0.15, 0.2) is 0 Å². The number of halogens is 3. The quantitative estimate of drug-likeness (QED) is 0.660. The number of carbonyl (C=O) groups is 4. The summed E-state index contributed by atoms with van der Waals surface area (Å²) in [4.78, 5) is 50.3. The van der Waals surface area contributed by atoms with Crippen LogP contribution in [0.4, 0.5) is 13.2 Å². The second-order valence-corrected chi connectivity index (χ2v) is 8.17. The van der Waals surface area contributed by atoms with Gasteiger partial charge in [-0.15, -0.1) is 11.8 Å². The highest BCUT2D eigenvalue weighted by molar-refractivity contribution is 8.00. The Balaban J connectivity index is 1.82. The number of rotatable bonds is 5. The summed E-state index contributed by atoms with van der Waals surface area (Å²) in [5.41, 5.74) is 0.650. The van der Waals surface area contributed by atoms with Gasteiger partial charge in [-0.2, -0.15) is 13.2 Å². The van der Waals surface area contributed by atoms with Gasteiger partial charge in [-0.3, -0.25) is 14.4 Å². The number of carbonyl (C=O) groups excluding carboxylic acids is 4. The van der Waals surface area contributed by atoms with Crippen LogP contribution in [-0.2, 0) is 35.3 Å². The number of methoxy groups -OCH3 is 1. The van der Waals surface area contributed by atoms with Gasteiger partial charge in [-0.05, 0) is 12.0 Å². The number of thioether (sulfide) groups is 1. The van der Waals surface area contributed by atoms with Crippen molar-refractivity contribution in [2.24, 2.45) is 5.92 Å². The fourth-order valence-corrected chi connectivity index (χ4v) is 4.95. The van der Waals surface area contributed by atoms with Crippen LogP contribution in [0.2, 0.25) is 0 Å². The third kappa shape index (κ3) is 4.94. The molecule has 0 bridgehead atoms. The molecule has 2 aliphatic rings. The summed E-state index contributed by atoms with van der Waals surface area (Å²) >= 11 is 1.21. The van der Waals surface area contributed by atoms with Crippen LogP contribution < -0.4 is 5.32 Å². The first-order chi connectivity index (χ1) is 14.6. The van der Waals surface area contributed by atoms with E-state index in [1.165, 1.54) is 11.8 Å². The molecule has 0 aliphatic carbocycles. The first-order valence-corrected chi connectivity index (χ1v) is 10.3. The van der Waals surface area contributed by atoms with Crippen molar-refractivity contribution in [1.82, 2.24) is 10.2 Å². The predicted octanol–water partition coefficient (Wildman–Crippen LogP) is 1.24. The molecule has 168 valence electrons. The number of benzene rings is 1. The minimum absolute atomic E-state index is 0.0830. The topological polar surface area (TPSA) is 102 Å². The molecule has 1 N–H and O–H groups in total. The zero-order valence-corrected chi connectivity index (χ0v) is 17.1. The molecule has 4 atom stereocenters. The number of esters is 2. The average molecular weight is 460 g/mol. The molecule has 1 aromatic carbocycles. The Morgan fingerprint density at radius 2 is 1.87 bits per heavy atom. The lowest BCUT2D eigenvalue weighted by Gasteiger charge is -2.40. The highest BCUT2D eigenvalue weighted by Gasteiger charge is 2.54. The lowest BCUT2D eigenvalue weighted by molar-refractivity contribution is -0.178. The minimum atomic E-state index is -5.25. The van der Waals surface area contributed by atoms with Crippen molar-refractivity contribution in [2.75, 3.05) is 12.9 Å². The summed E-state index contributed by atoms with van der Waals surface area (Å²) in [6.45, 7) is -0.142. The molecule has 0 saturated carbocycles. The third-order valence-corrected chi connectivity index (χ3v) is 6.33. The fourth-order valence-electron chi connectivity index (χ4n) is 3.50. The second-order valence-electron chi connectivity index (χ2n) is 6.96. The number of amides is 2. The SMILES string of the molecule is COC(=O)[C@@H]1CS[C@H]2C[C@@H](C(=O)OCc3ccccc3)[C@H](NC(=O)C(F)(F)F)C(=O)N21. The number of ether oxygens (including phenoxy) is 2. The largest absolute Gasteiger partial charge is 0.471 e. The summed E-state index contributed by atoms with van der Waals surface area (Å²) in [6.07, 6.45) is -5.34. The Labute approximate surface area is 179 Å². The molecule has 12 heteroatoms. The van der Waals surface area contributed by atoms with Gasteiger partial charge in [0.1, 0.15) is 18.7 Å². The molecule has 2 saturated heterocycles. The van der Waals surface area contributed by atoms with Crippen molar-refractivity contribution in [2.45, 2.75) is 36.7 Å². The molecular weight excluding hydrogens is 441 g/mol. The predicted molar refractivity (Wildman–Crippen MR) is 101 cm³/mol. The van der Waals surface area contributed by atoms with E-state index in [1.54, 1.807) is 35.6 Å². The van der Waals surface area contributed by atoms with Gasteiger partial charge in [0.2, 0.25) is 5.91 Å². The van der Waals surface area contributed by atoms with Crippen molar-refractivity contribution in [3.8, 4) is 0 Å². The van der Waals surface area contributed by atoms with E-state index in [4.69, 9.17) is 4.74 Å². The third-order valence-electron chi connectivity index (χ3n) is 5.01. The van der Waals surface area contributed by atoms with Crippen LogP contribution in [0.15, 0.2) is 30.3 Å². The molecule has 1 aromatic rings. The smallest absolute Gasteiger partial charge is 0.467 e. The summed E-state index contributed by atoms with van der Waals surface area (Å²) in [5, 5.41) is 0.976. The summed E-state index contributed by atoms with van der Waals surface area (Å²) < 4.78 is 48.3. The lowest BCUT2D eigenvalue weighted by atomic mass is 9.89. The van der Waals surface area contributed by atoms with E-state index in [0.29, 0.717) is 5.56 Å². The van der Waals surface area contributed by atoms with Crippen molar-refractivity contribution in [1.29, 1.82) is 0 Å². The Morgan fingerprint density at radius 1 is 1.19 bits per heavy atom. The number of nitrogens with one attached hydrogen (secondary N) is 1. The highest BCUT2D eigenvalue weighted by Crippen LogP contribution is 2.40. The number of hydrogen-bond donors (Lipinski definition) is 1. The van der Waals surface area contributed by atoms with Crippen LogP contribution in [-0.4, -0.2) is 65.1 Å². The van der Waals surface area contributed by atoms with E-state index >= 15 is 0 Å².